The van der Waals surface area contributed by atoms with Gasteiger partial charge in [-0.05, 0) is 66.6 Å². The Morgan fingerprint density at radius 3 is 2.19 bits per heavy atom. The number of nitrogen functional groups attached to an aromatic ring is 1. The van der Waals surface area contributed by atoms with Crippen LogP contribution in [0.15, 0.2) is 102 Å². The van der Waals surface area contributed by atoms with Gasteiger partial charge in [0.1, 0.15) is 0 Å². The third-order valence-electron chi connectivity index (χ3n) is 11.2. The summed E-state index contributed by atoms with van der Waals surface area (Å²) in [5.74, 6) is -0.0495. The highest BCUT2D eigenvalue weighted by atomic mass is 16.7. The number of likely N-dealkylation sites (tertiary alicyclic amines) is 1. The quantitative estimate of drug-likeness (QED) is 0.0535. The van der Waals surface area contributed by atoms with Crippen LogP contribution in [0.4, 0.5) is 11.4 Å². The third-order valence-corrected chi connectivity index (χ3v) is 11.2. The molecule has 7 rings (SSSR count). The number of amides is 2. The summed E-state index contributed by atoms with van der Waals surface area (Å²) in [5.41, 5.74) is 12.6. The number of hydrogen-bond acceptors (Lipinski definition) is 8. The van der Waals surface area contributed by atoms with E-state index in [0.29, 0.717) is 37.2 Å². The number of aromatic nitrogens is 2. The number of nitrogens with zero attached hydrogens (tertiary/aromatic N) is 2. The van der Waals surface area contributed by atoms with Crippen LogP contribution in [-0.4, -0.2) is 57.1 Å². The molecule has 1 aromatic heterocycles. The van der Waals surface area contributed by atoms with Crippen LogP contribution < -0.4 is 22.1 Å². The normalized spacial score (nSPS) is 19.1. The number of ether oxygens (including phenoxy) is 2. The molecule has 0 aliphatic carbocycles. The number of piperidine rings is 1. The Bertz CT molecular complexity index is 2140. The predicted molar refractivity (Wildman–Crippen MR) is 221 cm³/mol. The van der Waals surface area contributed by atoms with Crippen molar-refractivity contribution in [2.45, 2.75) is 95.5 Å². The zero-order valence-corrected chi connectivity index (χ0v) is 32.4. The van der Waals surface area contributed by atoms with Gasteiger partial charge in [0.25, 0.3) is 0 Å². The highest BCUT2D eigenvalue weighted by Gasteiger charge is 2.34. The average molecular weight is 775 g/mol. The summed E-state index contributed by atoms with van der Waals surface area (Å²) in [6.07, 6.45) is 5.75. The van der Waals surface area contributed by atoms with Gasteiger partial charge in [-0.1, -0.05) is 85.6 Å². The van der Waals surface area contributed by atoms with Gasteiger partial charge >= 0.3 is 5.69 Å². The highest BCUT2D eigenvalue weighted by Crippen LogP contribution is 2.39. The number of carbonyl (C=O) groups excluding carboxylic acids is 2. The van der Waals surface area contributed by atoms with Crippen LogP contribution in [0.3, 0.4) is 0 Å². The van der Waals surface area contributed by atoms with E-state index in [0.717, 1.165) is 91.4 Å². The van der Waals surface area contributed by atoms with E-state index in [4.69, 9.17) is 15.2 Å². The van der Waals surface area contributed by atoms with Crippen molar-refractivity contribution >= 4 is 34.2 Å². The van der Waals surface area contributed by atoms with Gasteiger partial charge in [-0.15, -0.1) is 0 Å². The van der Waals surface area contributed by atoms with Crippen molar-refractivity contribution in [1.82, 2.24) is 19.8 Å². The second-order valence-corrected chi connectivity index (χ2v) is 15.3. The fourth-order valence-electron chi connectivity index (χ4n) is 7.95. The van der Waals surface area contributed by atoms with Crippen molar-refractivity contribution in [2.24, 2.45) is 0 Å². The summed E-state index contributed by atoms with van der Waals surface area (Å²) >= 11 is 0. The molecule has 0 spiro atoms. The first-order valence-corrected chi connectivity index (χ1v) is 20.2. The molecular weight excluding hydrogens is 721 g/mol. The molecule has 4 aromatic carbocycles. The summed E-state index contributed by atoms with van der Waals surface area (Å²) in [6.45, 7) is 2.90. The number of nitrogens with two attached hydrogens (primary N) is 1. The first-order valence-electron chi connectivity index (χ1n) is 20.2. The molecule has 3 atom stereocenters. The Labute approximate surface area is 333 Å². The van der Waals surface area contributed by atoms with Crippen LogP contribution in [0.2, 0.25) is 0 Å². The van der Waals surface area contributed by atoms with Gasteiger partial charge in [-0.3, -0.25) is 14.2 Å². The van der Waals surface area contributed by atoms with Crippen LogP contribution >= 0.6 is 0 Å². The van der Waals surface area contributed by atoms with E-state index in [2.05, 4.69) is 20.5 Å². The first kappa shape index (κ1) is 39.9. The Hall–Kier alpha value is -5.27. The average Bonchev–Trinajstić information content (AvgIpc) is 3.58. The zero-order chi connectivity index (χ0) is 39.6. The minimum atomic E-state index is -0.570. The lowest BCUT2D eigenvalue weighted by atomic mass is 9.98. The number of hydrogen-bond donors (Lipinski definition) is 5. The summed E-state index contributed by atoms with van der Waals surface area (Å²) in [4.78, 5) is 43.1. The molecule has 5 aromatic rings. The second-order valence-electron chi connectivity index (χ2n) is 15.3. The van der Waals surface area contributed by atoms with Crippen molar-refractivity contribution < 1.29 is 24.2 Å². The number of carbonyl (C=O) groups is 2. The maximum atomic E-state index is 12.8. The van der Waals surface area contributed by atoms with Crippen LogP contribution in [0.5, 0.6) is 0 Å². The maximum Gasteiger partial charge on any atom is 0.326 e. The number of unbranched alkanes of at least 4 members (excludes halogenated alkanes) is 3. The molecule has 6 N–H and O–H groups in total. The molecular formula is C45H54N6O6. The molecule has 2 saturated heterocycles. The van der Waals surface area contributed by atoms with E-state index in [1.54, 1.807) is 12.1 Å². The van der Waals surface area contributed by atoms with Gasteiger partial charge in [0.2, 0.25) is 11.8 Å². The van der Waals surface area contributed by atoms with Crippen molar-refractivity contribution in [1.29, 1.82) is 0 Å². The lowest BCUT2D eigenvalue weighted by Crippen LogP contribution is -2.43. The first-order chi connectivity index (χ1) is 27.8. The molecule has 2 aliphatic heterocycles. The number of anilines is 2. The maximum absolute atomic E-state index is 12.8. The van der Waals surface area contributed by atoms with E-state index >= 15 is 0 Å². The van der Waals surface area contributed by atoms with Crippen molar-refractivity contribution in [3.63, 3.8) is 0 Å². The number of nitrogens with one attached hydrogen (secondary N) is 3. The highest BCUT2D eigenvalue weighted by molar-refractivity contribution is 5.93. The van der Waals surface area contributed by atoms with Crippen LogP contribution in [0, 0.1) is 0 Å². The van der Waals surface area contributed by atoms with Gasteiger partial charge < -0.3 is 40.8 Å². The predicted octanol–water partition coefficient (Wildman–Crippen LogP) is 6.88. The number of fused-ring (bicyclic) bond motifs is 1. The van der Waals surface area contributed by atoms with E-state index in [9.17, 15) is 19.5 Å². The number of para-hydroxylation sites is 4. The van der Waals surface area contributed by atoms with Crippen LogP contribution in [0.1, 0.15) is 98.5 Å². The number of aliphatic hydroxyl groups is 1. The molecule has 57 heavy (non-hydrogen) atoms. The Kier molecular flexibility index (Phi) is 13.5. The Morgan fingerprint density at radius 1 is 0.789 bits per heavy atom. The fraction of sp³-hybridized carbons (Fsp3) is 0.400. The van der Waals surface area contributed by atoms with Gasteiger partial charge in [0, 0.05) is 57.0 Å². The van der Waals surface area contributed by atoms with Crippen molar-refractivity contribution in [3.8, 4) is 0 Å². The minimum Gasteiger partial charge on any atom is -0.397 e. The van der Waals surface area contributed by atoms with E-state index in [-0.39, 0.29) is 42.4 Å². The number of aromatic amines is 1. The van der Waals surface area contributed by atoms with Crippen LogP contribution in [0.25, 0.3) is 11.0 Å². The molecule has 0 saturated carbocycles. The summed E-state index contributed by atoms with van der Waals surface area (Å²) in [6, 6.07) is 31.2. The minimum absolute atomic E-state index is 0.00534. The summed E-state index contributed by atoms with van der Waals surface area (Å²) in [5, 5.41) is 15.5. The Balaban J connectivity index is 0.881. The smallest absolute Gasteiger partial charge is 0.326 e. The summed E-state index contributed by atoms with van der Waals surface area (Å²) < 4.78 is 15.1. The van der Waals surface area contributed by atoms with Gasteiger partial charge in [-0.2, -0.15) is 0 Å². The van der Waals surface area contributed by atoms with Crippen molar-refractivity contribution in [2.75, 3.05) is 30.7 Å². The fourth-order valence-corrected chi connectivity index (χ4v) is 7.95. The molecule has 12 nitrogen and oxygen atoms in total. The van der Waals surface area contributed by atoms with E-state index in [1.165, 1.54) is 0 Å². The lowest BCUT2D eigenvalue weighted by Gasteiger charge is -2.40. The van der Waals surface area contributed by atoms with Crippen molar-refractivity contribution in [3.05, 3.63) is 130 Å². The number of imidazole rings is 1. The number of aliphatic hydroxyl groups excluding tert-OH is 1. The largest absolute Gasteiger partial charge is 0.397 e. The Morgan fingerprint density at radius 2 is 1.46 bits per heavy atom. The summed E-state index contributed by atoms with van der Waals surface area (Å²) in [7, 11) is 0. The third kappa shape index (κ3) is 10.6. The van der Waals surface area contributed by atoms with E-state index in [1.807, 2.05) is 89.5 Å². The molecule has 2 fully saturated rings. The molecule has 12 heteroatoms. The molecule has 0 unspecified atom stereocenters. The molecule has 3 heterocycles. The number of rotatable bonds is 16. The number of benzene rings is 4. The molecule has 2 aliphatic rings. The number of H-pyrrole nitrogens is 1. The molecule has 300 valence electrons. The van der Waals surface area contributed by atoms with Gasteiger partial charge in [-0.25, -0.2) is 4.79 Å². The molecule has 0 bridgehead atoms. The lowest BCUT2D eigenvalue weighted by molar-refractivity contribution is -0.253. The molecule has 0 radical (unpaired) electrons. The SMILES string of the molecule is Nc1ccccc1NC(=O)CCCCCCC(=O)NCc1ccc([C@H]2O[C@@H](CN3CCC(n4c(=O)[nH]c5ccccc54)CC3)C[C@@H](c3ccc(CO)cc3)O2)cc1. The monoisotopic (exact) mass is 774 g/mol. The second kappa shape index (κ2) is 19.3. The standard InChI is InChI=1S/C45H54N6O6/c46-37-9-5-6-10-38(37)48-43(54)14-4-2-1-3-13-42(53)47-28-31-15-21-34(22-16-31)44-56-36(27-41(57-44)33-19-17-32(30-52)18-20-33)29-50-25-23-35(24-26-50)51-40-12-8-7-11-39(40)49-45(51)55/h5-12,15-22,35-36,41,44,52H,1-4,13-14,23-30,46H2,(H,47,53)(H,48,54)(H,49,55)/t36-,41+,44+/m1/s1. The zero-order valence-electron chi connectivity index (χ0n) is 32.4. The topological polar surface area (TPSA) is 164 Å². The van der Waals surface area contributed by atoms with Crippen LogP contribution in [-0.2, 0) is 32.2 Å². The van der Waals surface area contributed by atoms with Gasteiger partial charge in [0.05, 0.1) is 41.2 Å². The van der Waals surface area contributed by atoms with E-state index < -0.39 is 6.29 Å². The van der Waals surface area contributed by atoms with Gasteiger partial charge in [0.15, 0.2) is 6.29 Å². The molecule has 2 amide bonds.